The van der Waals surface area contributed by atoms with Gasteiger partial charge in [0.15, 0.2) is 5.82 Å². The summed E-state index contributed by atoms with van der Waals surface area (Å²) in [6, 6.07) is 12.3. The van der Waals surface area contributed by atoms with E-state index in [0.717, 1.165) is 28.0 Å². The number of benzene rings is 1. The first-order valence-corrected chi connectivity index (χ1v) is 8.16. The quantitative estimate of drug-likeness (QED) is 0.593. The molecule has 0 unspecified atom stereocenters. The van der Waals surface area contributed by atoms with Crippen LogP contribution < -0.4 is 5.32 Å². The highest BCUT2D eigenvalue weighted by molar-refractivity contribution is 5.90. The first-order chi connectivity index (χ1) is 12.2. The minimum Gasteiger partial charge on any atom is -0.363 e. The fourth-order valence-corrected chi connectivity index (χ4v) is 2.82. The Morgan fingerprint density at radius 1 is 1.04 bits per heavy atom. The standard InChI is InChI=1S/C19H18N6/c1-12(14-6-4-3-5-7-14)22-18-15-8-9-20-11-17(15)23-19(24-18)16-10-21-25-13(16)2/h3-12H,1-2H3,(H,21,25)(H,22,23,24)/t12-/m1/s1. The molecule has 1 aromatic carbocycles. The van der Waals surface area contributed by atoms with Crippen molar-refractivity contribution in [3.8, 4) is 11.4 Å². The van der Waals surface area contributed by atoms with Crippen molar-refractivity contribution in [2.45, 2.75) is 19.9 Å². The summed E-state index contributed by atoms with van der Waals surface area (Å²) in [6.07, 6.45) is 5.26. The van der Waals surface area contributed by atoms with Crippen LogP contribution in [0, 0.1) is 6.92 Å². The van der Waals surface area contributed by atoms with Gasteiger partial charge in [0.05, 0.1) is 23.5 Å². The molecule has 3 aromatic heterocycles. The van der Waals surface area contributed by atoms with Gasteiger partial charge >= 0.3 is 0 Å². The van der Waals surface area contributed by atoms with Crippen LogP contribution in [0.4, 0.5) is 5.82 Å². The number of hydrogen-bond acceptors (Lipinski definition) is 5. The van der Waals surface area contributed by atoms with E-state index >= 15 is 0 Å². The van der Waals surface area contributed by atoms with Crippen molar-refractivity contribution >= 4 is 16.7 Å². The third kappa shape index (κ3) is 2.94. The summed E-state index contributed by atoms with van der Waals surface area (Å²) in [6.45, 7) is 4.08. The van der Waals surface area contributed by atoms with E-state index in [1.54, 1.807) is 18.6 Å². The second-order valence-electron chi connectivity index (χ2n) is 5.97. The highest BCUT2D eigenvalue weighted by atomic mass is 15.1. The Bertz CT molecular complexity index is 1010. The lowest BCUT2D eigenvalue weighted by Crippen LogP contribution is -2.09. The Labute approximate surface area is 145 Å². The minimum absolute atomic E-state index is 0.116. The molecule has 1 atom stereocenters. The maximum atomic E-state index is 4.76. The summed E-state index contributed by atoms with van der Waals surface area (Å²) in [7, 11) is 0. The molecule has 0 radical (unpaired) electrons. The number of nitrogens with zero attached hydrogens (tertiary/aromatic N) is 4. The van der Waals surface area contributed by atoms with Crippen LogP contribution in [0.25, 0.3) is 22.3 Å². The van der Waals surface area contributed by atoms with Crippen LogP contribution in [0.3, 0.4) is 0 Å². The first kappa shape index (κ1) is 15.3. The molecule has 0 aliphatic heterocycles. The predicted molar refractivity (Wildman–Crippen MR) is 98.1 cm³/mol. The van der Waals surface area contributed by atoms with E-state index in [4.69, 9.17) is 4.98 Å². The Morgan fingerprint density at radius 2 is 1.88 bits per heavy atom. The molecule has 6 heteroatoms. The predicted octanol–water partition coefficient (Wildman–Crippen LogP) is 3.90. The lowest BCUT2D eigenvalue weighted by Gasteiger charge is -2.17. The molecule has 4 aromatic rings. The molecule has 3 heterocycles. The normalized spacial score (nSPS) is 12.2. The van der Waals surface area contributed by atoms with Crippen molar-refractivity contribution in [3.63, 3.8) is 0 Å². The van der Waals surface area contributed by atoms with Gasteiger partial charge in [-0.15, -0.1) is 0 Å². The fourth-order valence-electron chi connectivity index (χ4n) is 2.82. The van der Waals surface area contributed by atoms with Crippen molar-refractivity contribution in [2.75, 3.05) is 5.32 Å². The van der Waals surface area contributed by atoms with E-state index < -0.39 is 0 Å². The lowest BCUT2D eigenvalue weighted by atomic mass is 10.1. The van der Waals surface area contributed by atoms with Crippen LogP contribution in [-0.2, 0) is 0 Å². The molecule has 0 fully saturated rings. The molecule has 0 saturated heterocycles. The van der Waals surface area contributed by atoms with Crippen LogP contribution in [-0.4, -0.2) is 25.1 Å². The number of rotatable bonds is 4. The zero-order valence-electron chi connectivity index (χ0n) is 14.1. The molecule has 4 rings (SSSR count). The van der Waals surface area contributed by atoms with Gasteiger partial charge in [0.2, 0.25) is 0 Å². The molecule has 0 amide bonds. The average Bonchev–Trinajstić information content (AvgIpc) is 3.08. The zero-order chi connectivity index (χ0) is 17.2. The zero-order valence-corrected chi connectivity index (χ0v) is 14.1. The first-order valence-electron chi connectivity index (χ1n) is 8.16. The van der Waals surface area contributed by atoms with E-state index in [1.807, 2.05) is 31.2 Å². The summed E-state index contributed by atoms with van der Waals surface area (Å²) in [5, 5.41) is 11.5. The summed E-state index contributed by atoms with van der Waals surface area (Å²) < 4.78 is 0. The van der Waals surface area contributed by atoms with Gasteiger partial charge in [0.1, 0.15) is 5.82 Å². The number of nitrogens with one attached hydrogen (secondary N) is 2. The van der Waals surface area contributed by atoms with Gasteiger partial charge in [-0.2, -0.15) is 5.10 Å². The topological polar surface area (TPSA) is 79.4 Å². The number of fused-ring (bicyclic) bond motifs is 1. The Balaban J connectivity index is 1.80. The van der Waals surface area contributed by atoms with Gasteiger partial charge in [-0.3, -0.25) is 10.1 Å². The molecule has 0 bridgehead atoms. The van der Waals surface area contributed by atoms with Crippen molar-refractivity contribution < 1.29 is 0 Å². The van der Waals surface area contributed by atoms with Crippen molar-refractivity contribution in [3.05, 3.63) is 66.2 Å². The van der Waals surface area contributed by atoms with Crippen LogP contribution >= 0.6 is 0 Å². The third-order valence-electron chi connectivity index (χ3n) is 4.22. The molecular weight excluding hydrogens is 312 g/mol. The number of hydrogen-bond donors (Lipinski definition) is 2. The smallest absolute Gasteiger partial charge is 0.165 e. The number of pyridine rings is 1. The summed E-state index contributed by atoms with van der Waals surface area (Å²) in [4.78, 5) is 13.6. The van der Waals surface area contributed by atoms with Crippen LogP contribution in [0.15, 0.2) is 55.0 Å². The van der Waals surface area contributed by atoms with Gasteiger partial charge in [-0.05, 0) is 25.5 Å². The molecule has 0 aliphatic carbocycles. The van der Waals surface area contributed by atoms with Crippen LogP contribution in [0.2, 0.25) is 0 Å². The number of aromatic nitrogens is 5. The number of anilines is 1. The highest BCUT2D eigenvalue weighted by Crippen LogP contribution is 2.28. The van der Waals surface area contributed by atoms with E-state index in [9.17, 15) is 0 Å². The number of H-pyrrole nitrogens is 1. The molecule has 0 saturated carbocycles. The lowest BCUT2D eigenvalue weighted by molar-refractivity contribution is 0.876. The summed E-state index contributed by atoms with van der Waals surface area (Å²) >= 11 is 0. The maximum absolute atomic E-state index is 4.76. The minimum atomic E-state index is 0.116. The van der Waals surface area contributed by atoms with E-state index in [1.165, 1.54) is 5.56 Å². The van der Waals surface area contributed by atoms with Crippen molar-refractivity contribution in [1.82, 2.24) is 25.1 Å². The molecular formula is C19H18N6. The Hall–Kier alpha value is -3.28. The van der Waals surface area contributed by atoms with Crippen LogP contribution in [0.1, 0.15) is 24.2 Å². The van der Waals surface area contributed by atoms with Crippen molar-refractivity contribution in [2.24, 2.45) is 0 Å². The van der Waals surface area contributed by atoms with Gasteiger partial charge in [0, 0.05) is 23.3 Å². The molecule has 2 N–H and O–H groups in total. The third-order valence-corrected chi connectivity index (χ3v) is 4.22. The average molecular weight is 330 g/mol. The van der Waals surface area contributed by atoms with Crippen LogP contribution in [0.5, 0.6) is 0 Å². The molecule has 124 valence electrons. The van der Waals surface area contributed by atoms with E-state index in [0.29, 0.717) is 5.82 Å². The summed E-state index contributed by atoms with van der Waals surface area (Å²) in [5.41, 5.74) is 3.83. The Kier molecular flexibility index (Phi) is 3.85. The maximum Gasteiger partial charge on any atom is 0.165 e. The second-order valence-corrected chi connectivity index (χ2v) is 5.97. The molecule has 6 nitrogen and oxygen atoms in total. The van der Waals surface area contributed by atoms with Gasteiger partial charge in [0.25, 0.3) is 0 Å². The largest absolute Gasteiger partial charge is 0.363 e. The number of aromatic amines is 1. The molecule has 0 spiro atoms. The van der Waals surface area contributed by atoms with E-state index in [2.05, 4.69) is 44.5 Å². The van der Waals surface area contributed by atoms with E-state index in [-0.39, 0.29) is 6.04 Å². The van der Waals surface area contributed by atoms with Gasteiger partial charge in [-0.1, -0.05) is 30.3 Å². The van der Waals surface area contributed by atoms with Gasteiger partial charge in [-0.25, -0.2) is 9.97 Å². The fraction of sp³-hybridized carbons (Fsp3) is 0.158. The monoisotopic (exact) mass is 330 g/mol. The molecule has 0 aliphatic rings. The van der Waals surface area contributed by atoms with Gasteiger partial charge < -0.3 is 5.32 Å². The Morgan fingerprint density at radius 3 is 2.64 bits per heavy atom. The highest BCUT2D eigenvalue weighted by Gasteiger charge is 2.14. The number of aryl methyl sites for hydroxylation is 1. The SMILES string of the molecule is Cc1[nH]ncc1-c1nc(N[C@H](C)c2ccccc2)c2ccncc2n1. The second kappa shape index (κ2) is 6.32. The van der Waals surface area contributed by atoms with Crippen molar-refractivity contribution in [1.29, 1.82) is 0 Å². The summed E-state index contributed by atoms with van der Waals surface area (Å²) in [5.74, 6) is 1.42. The molecule has 25 heavy (non-hydrogen) atoms.